The standard InChI is InChI=1S/C27H31ClN6O/c1-32-14-11-24(12-15-32)33-16-18-34(19-17-33)26(35)21-4-8-23(9-5-21)30-27-29-13-10-25(31-27)20-2-6-22(28)7-3-20/h2-10,13,24H,11-12,14-19H2,1H3,(H,29,30,31). The number of hydrogen-bond acceptors (Lipinski definition) is 6. The van der Waals surface area contributed by atoms with E-state index in [0.29, 0.717) is 22.6 Å². The number of amides is 1. The SMILES string of the molecule is CN1CCC(N2CCN(C(=O)c3ccc(Nc4nccc(-c5ccc(Cl)cc5)n4)cc3)CC2)CC1. The summed E-state index contributed by atoms with van der Waals surface area (Å²) in [5.74, 6) is 0.599. The first-order chi connectivity index (χ1) is 17.0. The van der Waals surface area contributed by atoms with Crippen molar-refractivity contribution >= 4 is 29.1 Å². The number of halogens is 1. The molecule has 3 aromatic rings. The number of rotatable bonds is 5. The molecule has 0 aliphatic carbocycles. The molecule has 2 saturated heterocycles. The Morgan fingerprint density at radius 3 is 2.29 bits per heavy atom. The van der Waals surface area contributed by atoms with Gasteiger partial charge in [0, 0.05) is 60.3 Å². The zero-order valence-electron chi connectivity index (χ0n) is 20.0. The molecular formula is C27H31ClN6O. The fourth-order valence-corrected chi connectivity index (χ4v) is 4.98. The maximum atomic E-state index is 13.1. The highest BCUT2D eigenvalue weighted by Gasteiger charge is 2.28. The molecule has 1 amide bonds. The molecule has 2 aromatic carbocycles. The number of nitrogens with zero attached hydrogens (tertiary/aromatic N) is 5. The Balaban J connectivity index is 1.17. The summed E-state index contributed by atoms with van der Waals surface area (Å²) in [6.07, 6.45) is 4.18. The van der Waals surface area contributed by atoms with E-state index in [2.05, 4.69) is 32.1 Å². The molecule has 35 heavy (non-hydrogen) atoms. The number of carbonyl (C=O) groups is 1. The number of carbonyl (C=O) groups excluding carboxylic acids is 1. The number of nitrogens with one attached hydrogen (secondary N) is 1. The predicted octanol–water partition coefficient (Wildman–Crippen LogP) is 4.39. The lowest BCUT2D eigenvalue weighted by Gasteiger charge is -2.42. The zero-order valence-corrected chi connectivity index (χ0v) is 20.8. The van der Waals surface area contributed by atoms with E-state index in [-0.39, 0.29) is 5.91 Å². The van der Waals surface area contributed by atoms with Crippen LogP contribution in [0, 0.1) is 0 Å². The van der Waals surface area contributed by atoms with E-state index >= 15 is 0 Å². The maximum Gasteiger partial charge on any atom is 0.253 e. The van der Waals surface area contributed by atoms with E-state index in [1.165, 1.54) is 25.9 Å². The third-order valence-electron chi connectivity index (χ3n) is 6.99. The molecule has 1 N–H and O–H groups in total. The average molecular weight is 491 g/mol. The van der Waals surface area contributed by atoms with Gasteiger partial charge in [0.2, 0.25) is 5.95 Å². The minimum Gasteiger partial charge on any atom is -0.336 e. The van der Waals surface area contributed by atoms with Crippen LogP contribution in [0.4, 0.5) is 11.6 Å². The molecule has 7 nitrogen and oxygen atoms in total. The van der Waals surface area contributed by atoms with Gasteiger partial charge in [0.1, 0.15) is 0 Å². The Bertz CT molecular complexity index is 1140. The molecule has 0 atom stereocenters. The van der Waals surface area contributed by atoms with E-state index in [9.17, 15) is 4.79 Å². The minimum absolute atomic E-state index is 0.0977. The first-order valence-electron chi connectivity index (χ1n) is 12.2. The molecule has 3 heterocycles. The minimum atomic E-state index is 0.0977. The van der Waals surface area contributed by atoms with E-state index in [0.717, 1.165) is 43.1 Å². The second-order valence-corrected chi connectivity index (χ2v) is 9.77. The third-order valence-corrected chi connectivity index (χ3v) is 7.24. The Labute approximate surface area is 211 Å². The van der Waals surface area contributed by atoms with Gasteiger partial charge < -0.3 is 15.1 Å². The summed E-state index contributed by atoms with van der Waals surface area (Å²) < 4.78 is 0. The molecule has 2 aliphatic heterocycles. The number of piperazine rings is 1. The molecule has 182 valence electrons. The molecule has 0 unspecified atom stereocenters. The van der Waals surface area contributed by atoms with Gasteiger partial charge in [-0.2, -0.15) is 0 Å². The van der Waals surface area contributed by atoms with Crippen LogP contribution in [0.15, 0.2) is 60.8 Å². The maximum absolute atomic E-state index is 13.1. The smallest absolute Gasteiger partial charge is 0.253 e. The van der Waals surface area contributed by atoms with Gasteiger partial charge in [-0.3, -0.25) is 9.69 Å². The van der Waals surface area contributed by atoms with Gasteiger partial charge in [-0.15, -0.1) is 0 Å². The van der Waals surface area contributed by atoms with Gasteiger partial charge in [-0.25, -0.2) is 9.97 Å². The highest BCUT2D eigenvalue weighted by Crippen LogP contribution is 2.22. The average Bonchev–Trinajstić information content (AvgIpc) is 2.90. The fourth-order valence-electron chi connectivity index (χ4n) is 4.86. The molecule has 1 aromatic heterocycles. The first-order valence-corrected chi connectivity index (χ1v) is 12.6. The van der Waals surface area contributed by atoms with Crippen LogP contribution in [0.25, 0.3) is 11.3 Å². The summed E-state index contributed by atoms with van der Waals surface area (Å²) in [4.78, 5) is 28.9. The van der Waals surface area contributed by atoms with Crippen LogP contribution < -0.4 is 5.32 Å². The van der Waals surface area contributed by atoms with Crippen molar-refractivity contribution in [2.45, 2.75) is 18.9 Å². The van der Waals surface area contributed by atoms with E-state index in [4.69, 9.17) is 11.6 Å². The predicted molar refractivity (Wildman–Crippen MR) is 140 cm³/mol. The molecule has 0 radical (unpaired) electrons. The second-order valence-electron chi connectivity index (χ2n) is 9.34. The molecule has 8 heteroatoms. The molecular weight excluding hydrogens is 460 g/mol. The van der Waals surface area contributed by atoms with Gasteiger partial charge in [-0.1, -0.05) is 23.7 Å². The van der Waals surface area contributed by atoms with Crippen LogP contribution in [0.3, 0.4) is 0 Å². The van der Waals surface area contributed by atoms with Crippen LogP contribution in [-0.4, -0.2) is 82.9 Å². The van der Waals surface area contributed by atoms with Crippen LogP contribution in [0.5, 0.6) is 0 Å². The zero-order chi connectivity index (χ0) is 24.2. The van der Waals surface area contributed by atoms with Crippen molar-refractivity contribution in [1.82, 2.24) is 24.7 Å². The molecule has 5 rings (SSSR count). The Hall–Kier alpha value is -3.00. The summed E-state index contributed by atoms with van der Waals surface area (Å²) in [6, 6.07) is 17.6. The van der Waals surface area contributed by atoms with Gasteiger partial charge in [0.25, 0.3) is 5.91 Å². The summed E-state index contributed by atoms with van der Waals surface area (Å²) in [5, 5.41) is 3.92. The topological polar surface area (TPSA) is 64.6 Å². The van der Waals surface area contributed by atoms with Crippen molar-refractivity contribution in [3.63, 3.8) is 0 Å². The largest absolute Gasteiger partial charge is 0.336 e. The summed E-state index contributed by atoms with van der Waals surface area (Å²) in [5.41, 5.74) is 3.32. The van der Waals surface area contributed by atoms with E-state index in [1.54, 1.807) is 6.20 Å². The number of hydrogen-bond donors (Lipinski definition) is 1. The molecule has 0 bridgehead atoms. The van der Waals surface area contributed by atoms with E-state index in [1.807, 2.05) is 59.5 Å². The van der Waals surface area contributed by atoms with Crippen molar-refractivity contribution in [2.75, 3.05) is 51.6 Å². The lowest BCUT2D eigenvalue weighted by Crippen LogP contribution is -2.54. The van der Waals surface area contributed by atoms with Crippen molar-refractivity contribution in [3.05, 3.63) is 71.4 Å². The summed E-state index contributed by atoms with van der Waals surface area (Å²) in [6.45, 7) is 5.83. The van der Waals surface area contributed by atoms with Gasteiger partial charge in [0.05, 0.1) is 5.69 Å². The van der Waals surface area contributed by atoms with Crippen LogP contribution in [0.1, 0.15) is 23.2 Å². The molecule has 0 spiro atoms. The number of aromatic nitrogens is 2. The van der Waals surface area contributed by atoms with Gasteiger partial charge in [0.15, 0.2) is 0 Å². The molecule has 0 saturated carbocycles. The Kier molecular flexibility index (Phi) is 7.27. The van der Waals surface area contributed by atoms with Crippen molar-refractivity contribution in [2.24, 2.45) is 0 Å². The summed E-state index contributed by atoms with van der Waals surface area (Å²) >= 11 is 5.99. The first kappa shape index (κ1) is 23.7. The Morgan fingerprint density at radius 2 is 1.60 bits per heavy atom. The van der Waals surface area contributed by atoms with Crippen LogP contribution in [0.2, 0.25) is 5.02 Å². The molecule has 2 fully saturated rings. The second kappa shape index (κ2) is 10.7. The third kappa shape index (κ3) is 5.81. The van der Waals surface area contributed by atoms with Crippen molar-refractivity contribution in [3.8, 4) is 11.3 Å². The molecule has 2 aliphatic rings. The van der Waals surface area contributed by atoms with Gasteiger partial charge in [-0.05, 0) is 75.4 Å². The fraction of sp³-hybridized carbons (Fsp3) is 0.370. The number of anilines is 2. The van der Waals surface area contributed by atoms with E-state index < -0.39 is 0 Å². The highest BCUT2D eigenvalue weighted by molar-refractivity contribution is 6.30. The monoisotopic (exact) mass is 490 g/mol. The van der Waals surface area contributed by atoms with Gasteiger partial charge >= 0.3 is 0 Å². The van der Waals surface area contributed by atoms with Crippen molar-refractivity contribution in [1.29, 1.82) is 0 Å². The quantitative estimate of drug-likeness (QED) is 0.572. The summed E-state index contributed by atoms with van der Waals surface area (Å²) in [7, 11) is 2.19. The number of benzene rings is 2. The Morgan fingerprint density at radius 1 is 0.914 bits per heavy atom. The lowest BCUT2D eigenvalue weighted by atomic mass is 10.0. The highest BCUT2D eigenvalue weighted by atomic mass is 35.5. The van der Waals surface area contributed by atoms with Crippen LogP contribution in [-0.2, 0) is 0 Å². The number of piperidine rings is 1. The van der Waals surface area contributed by atoms with Crippen molar-refractivity contribution < 1.29 is 4.79 Å². The normalized spacial score (nSPS) is 17.9. The number of likely N-dealkylation sites (tertiary alicyclic amines) is 1. The lowest BCUT2D eigenvalue weighted by molar-refractivity contribution is 0.0475. The van der Waals surface area contributed by atoms with Crippen LogP contribution >= 0.6 is 11.6 Å².